The van der Waals surface area contributed by atoms with Crippen molar-refractivity contribution >= 4 is 11.6 Å². The largest absolute Gasteiger partial charge is 0.379 e. The maximum Gasteiger partial charge on any atom is 0.268 e. The molecule has 0 unspecified atom stereocenters. The van der Waals surface area contributed by atoms with E-state index in [-0.39, 0.29) is 17.4 Å². The van der Waals surface area contributed by atoms with Crippen molar-refractivity contribution in [1.29, 1.82) is 0 Å². The van der Waals surface area contributed by atoms with Crippen LogP contribution in [0.3, 0.4) is 0 Å². The zero-order valence-electron chi connectivity index (χ0n) is 15.5. The topological polar surface area (TPSA) is 79.7 Å². The molecule has 1 atom stereocenters. The lowest BCUT2D eigenvalue weighted by molar-refractivity contribution is -0.125. The van der Waals surface area contributed by atoms with E-state index in [1.54, 1.807) is 19.3 Å². The molecule has 0 bridgehead atoms. The van der Waals surface area contributed by atoms with Crippen molar-refractivity contribution in [2.75, 3.05) is 57.4 Å². The second-order valence-electron chi connectivity index (χ2n) is 7.06. The number of nitrogens with zero attached hydrogens (tertiary/aromatic N) is 4. The summed E-state index contributed by atoms with van der Waals surface area (Å²) in [5, 5.41) is 7.16. The number of hydrogen-bond acceptors (Lipinski definition) is 6. The molecule has 2 saturated heterocycles. The van der Waals surface area contributed by atoms with E-state index in [2.05, 4.69) is 20.2 Å². The van der Waals surface area contributed by atoms with Crippen molar-refractivity contribution in [3.8, 4) is 0 Å². The monoisotopic (exact) mass is 363 g/mol. The van der Waals surface area contributed by atoms with Crippen LogP contribution in [0, 0.1) is 5.92 Å². The number of piperidine rings is 1. The summed E-state index contributed by atoms with van der Waals surface area (Å²) in [5.41, 5.74) is 0.676. The molecular weight excluding hydrogens is 334 g/mol. The average Bonchev–Trinajstić information content (AvgIpc) is 2.68. The van der Waals surface area contributed by atoms with Crippen molar-refractivity contribution in [1.82, 2.24) is 20.0 Å². The van der Waals surface area contributed by atoms with Crippen LogP contribution in [-0.2, 0) is 16.6 Å². The Morgan fingerprint density at radius 2 is 2.15 bits per heavy atom. The normalized spacial score (nSPS) is 21.6. The standard InChI is InChI=1S/C18H29N5O3/c1-21-17(24)12-16(13-20-21)23-7-2-4-15(14-23)18(25)19-5-3-6-22-8-10-26-11-9-22/h12-13,15H,2-11,14H2,1H3,(H,19,25)/t15-/m0/s1. The summed E-state index contributed by atoms with van der Waals surface area (Å²) in [7, 11) is 1.63. The molecule has 0 spiro atoms. The average molecular weight is 363 g/mol. The minimum atomic E-state index is -0.128. The number of carbonyl (C=O) groups excluding carboxylic acids is 1. The molecule has 144 valence electrons. The number of hydrogen-bond donors (Lipinski definition) is 1. The third-order valence-corrected chi connectivity index (χ3v) is 5.16. The highest BCUT2D eigenvalue weighted by molar-refractivity contribution is 5.79. The quantitative estimate of drug-likeness (QED) is 0.708. The fourth-order valence-corrected chi connectivity index (χ4v) is 3.54. The fraction of sp³-hybridized carbons (Fsp3) is 0.722. The van der Waals surface area contributed by atoms with Crippen LogP contribution in [0.25, 0.3) is 0 Å². The van der Waals surface area contributed by atoms with Crippen molar-refractivity contribution in [2.45, 2.75) is 19.3 Å². The van der Waals surface area contributed by atoms with Gasteiger partial charge in [-0.25, -0.2) is 4.68 Å². The molecule has 8 heteroatoms. The number of nitrogens with one attached hydrogen (secondary N) is 1. The number of anilines is 1. The Hall–Kier alpha value is -1.93. The number of aromatic nitrogens is 2. The Morgan fingerprint density at radius 1 is 1.35 bits per heavy atom. The lowest BCUT2D eigenvalue weighted by Gasteiger charge is -2.33. The summed E-state index contributed by atoms with van der Waals surface area (Å²) in [6.45, 7) is 6.79. The van der Waals surface area contributed by atoms with Crippen molar-refractivity contribution in [2.24, 2.45) is 13.0 Å². The van der Waals surface area contributed by atoms with Crippen LogP contribution < -0.4 is 15.8 Å². The molecule has 3 rings (SSSR count). The van der Waals surface area contributed by atoms with Crippen LogP contribution in [0.1, 0.15) is 19.3 Å². The molecular formula is C18H29N5O3. The second kappa shape index (κ2) is 9.14. The third kappa shape index (κ3) is 5.04. The molecule has 0 saturated carbocycles. The van der Waals surface area contributed by atoms with Gasteiger partial charge in [0.15, 0.2) is 0 Å². The van der Waals surface area contributed by atoms with E-state index in [0.717, 1.165) is 64.3 Å². The molecule has 2 fully saturated rings. The molecule has 8 nitrogen and oxygen atoms in total. The second-order valence-corrected chi connectivity index (χ2v) is 7.06. The maximum absolute atomic E-state index is 12.5. The van der Waals surface area contributed by atoms with Gasteiger partial charge in [0.25, 0.3) is 5.56 Å². The third-order valence-electron chi connectivity index (χ3n) is 5.16. The van der Waals surface area contributed by atoms with Gasteiger partial charge in [-0.15, -0.1) is 0 Å². The van der Waals surface area contributed by atoms with E-state index in [4.69, 9.17) is 4.74 Å². The number of rotatable bonds is 6. The molecule has 0 aromatic carbocycles. The van der Waals surface area contributed by atoms with Crippen LogP contribution in [0.5, 0.6) is 0 Å². The van der Waals surface area contributed by atoms with Gasteiger partial charge in [0.2, 0.25) is 5.91 Å². The van der Waals surface area contributed by atoms with Crippen molar-refractivity contribution in [3.05, 3.63) is 22.6 Å². The predicted molar refractivity (Wildman–Crippen MR) is 99.3 cm³/mol. The highest BCUT2D eigenvalue weighted by atomic mass is 16.5. The molecule has 1 N–H and O–H groups in total. The molecule has 1 amide bonds. The maximum atomic E-state index is 12.5. The molecule has 0 radical (unpaired) electrons. The van der Waals surface area contributed by atoms with E-state index in [1.807, 2.05) is 0 Å². The smallest absolute Gasteiger partial charge is 0.268 e. The number of morpholine rings is 1. The van der Waals surface area contributed by atoms with Gasteiger partial charge in [-0.2, -0.15) is 5.10 Å². The van der Waals surface area contributed by atoms with Crippen LogP contribution in [0.4, 0.5) is 5.69 Å². The number of carbonyl (C=O) groups is 1. The van der Waals surface area contributed by atoms with E-state index in [1.165, 1.54) is 4.68 Å². The van der Waals surface area contributed by atoms with Gasteiger partial charge >= 0.3 is 0 Å². The summed E-state index contributed by atoms with van der Waals surface area (Å²) in [5.74, 6) is 0.0877. The molecule has 1 aromatic rings. The van der Waals surface area contributed by atoms with Crippen LogP contribution >= 0.6 is 0 Å². The van der Waals surface area contributed by atoms with E-state index < -0.39 is 0 Å². The fourth-order valence-electron chi connectivity index (χ4n) is 3.54. The number of ether oxygens (including phenoxy) is 1. The first-order valence-corrected chi connectivity index (χ1v) is 9.49. The van der Waals surface area contributed by atoms with Gasteiger partial charge in [0.1, 0.15) is 0 Å². The minimum Gasteiger partial charge on any atom is -0.379 e. The summed E-state index contributed by atoms with van der Waals surface area (Å²) < 4.78 is 6.65. The summed E-state index contributed by atoms with van der Waals surface area (Å²) >= 11 is 0. The molecule has 0 aliphatic carbocycles. The highest BCUT2D eigenvalue weighted by Crippen LogP contribution is 2.21. The minimum absolute atomic E-state index is 0.0313. The zero-order chi connectivity index (χ0) is 18.4. The first-order valence-electron chi connectivity index (χ1n) is 9.49. The first-order chi connectivity index (χ1) is 12.6. The van der Waals surface area contributed by atoms with E-state index >= 15 is 0 Å². The van der Waals surface area contributed by atoms with E-state index in [9.17, 15) is 9.59 Å². The van der Waals surface area contributed by atoms with E-state index in [0.29, 0.717) is 13.1 Å². The Labute approximate surface area is 154 Å². The number of amides is 1. The van der Waals surface area contributed by atoms with Crippen LogP contribution in [0.2, 0.25) is 0 Å². The van der Waals surface area contributed by atoms with Crippen molar-refractivity contribution in [3.63, 3.8) is 0 Å². The molecule has 3 heterocycles. The molecule has 1 aromatic heterocycles. The van der Waals surface area contributed by atoms with Gasteiger partial charge in [0.05, 0.1) is 31.0 Å². The Bertz CT molecular complexity index is 656. The Kier molecular flexibility index (Phi) is 6.62. The van der Waals surface area contributed by atoms with Gasteiger partial charge in [-0.3, -0.25) is 14.5 Å². The summed E-state index contributed by atoms with van der Waals surface area (Å²) in [6.07, 6.45) is 4.50. The van der Waals surface area contributed by atoms with Crippen LogP contribution in [0.15, 0.2) is 17.1 Å². The lowest BCUT2D eigenvalue weighted by Crippen LogP contribution is -2.44. The summed E-state index contributed by atoms with van der Waals surface area (Å²) in [4.78, 5) is 28.7. The molecule has 26 heavy (non-hydrogen) atoms. The Balaban J connectivity index is 1.43. The highest BCUT2D eigenvalue weighted by Gasteiger charge is 2.26. The SMILES string of the molecule is Cn1ncc(N2CCC[C@H](C(=O)NCCCN3CCOCC3)C2)cc1=O. The number of aryl methyl sites for hydroxylation is 1. The van der Waals surface area contributed by atoms with Gasteiger partial charge in [-0.1, -0.05) is 0 Å². The summed E-state index contributed by atoms with van der Waals surface area (Å²) in [6, 6.07) is 1.59. The molecule has 2 aliphatic rings. The van der Waals surface area contributed by atoms with Crippen LogP contribution in [-0.4, -0.2) is 73.1 Å². The first kappa shape index (κ1) is 18.8. The molecule has 2 aliphatic heterocycles. The predicted octanol–water partition coefficient (Wildman–Crippen LogP) is -0.165. The van der Waals surface area contributed by atoms with Gasteiger partial charge < -0.3 is 15.0 Å². The van der Waals surface area contributed by atoms with Gasteiger partial charge in [0, 0.05) is 45.8 Å². The Morgan fingerprint density at radius 3 is 2.92 bits per heavy atom. The van der Waals surface area contributed by atoms with Gasteiger partial charge in [-0.05, 0) is 25.8 Å². The van der Waals surface area contributed by atoms with Crippen molar-refractivity contribution < 1.29 is 9.53 Å². The zero-order valence-corrected chi connectivity index (χ0v) is 15.5. The lowest BCUT2D eigenvalue weighted by atomic mass is 9.97.